The summed E-state index contributed by atoms with van der Waals surface area (Å²) in [5.74, 6) is -0.0330. The number of nitrogens with one attached hydrogen (secondary N) is 1. The number of hydrogen-bond donors (Lipinski definition) is 2. The zero-order valence-electron chi connectivity index (χ0n) is 11.9. The van der Waals surface area contributed by atoms with Gasteiger partial charge in [0.1, 0.15) is 5.71 Å². The molecule has 0 aromatic carbocycles. The first-order valence-electron chi connectivity index (χ1n) is 6.90. The van der Waals surface area contributed by atoms with Gasteiger partial charge in [-0.3, -0.25) is 9.79 Å². The molecular formula is C14H18N6O. The van der Waals surface area contributed by atoms with Crippen LogP contribution in [0.15, 0.2) is 44.1 Å². The SMILES string of the molecule is CCCCCNC(N)=NN=CC1=CN=C2C=CC(=O)N=C12. The minimum Gasteiger partial charge on any atom is -0.368 e. The van der Waals surface area contributed by atoms with Crippen molar-refractivity contribution in [2.75, 3.05) is 6.54 Å². The van der Waals surface area contributed by atoms with Gasteiger partial charge in [0, 0.05) is 24.4 Å². The topological polar surface area (TPSA) is 105 Å². The number of allylic oxidation sites excluding steroid dienone is 2. The first-order valence-corrected chi connectivity index (χ1v) is 6.90. The zero-order valence-corrected chi connectivity index (χ0v) is 11.9. The number of guanidine groups is 1. The lowest BCUT2D eigenvalue weighted by Crippen LogP contribution is -2.31. The van der Waals surface area contributed by atoms with E-state index in [1.807, 2.05) is 0 Å². The zero-order chi connectivity index (χ0) is 15.1. The van der Waals surface area contributed by atoms with Crippen molar-refractivity contribution in [2.45, 2.75) is 26.2 Å². The molecule has 2 rings (SSSR count). The normalized spacial score (nSPS) is 17.7. The molecule has 7 nitrogen and oxygen atoms in total. The lowest BCUT2D eigenvalue weighted by Gasteiger charge is -2.03. The molecule has 21 heavy (non-hydrogen) atoms. The van der Waals surface area contributed by atoms with Crippen LogP contribution in [0.1, 0.15) is 26.2 Å². The number of unbranched alkanes of at least 4 members (excludes halogenated alkanes) is 2. The number of aliphatic imine (C=N–C) groups is 2. The molecule has 0 aromatic rings. The number of hydrogen-bond acceptors (Lipinski definition) is 4. The van der Waals surface area contributed by atoms with Crippen molar-refractivity contribution in [2.24, 2.45) is 25.9 Å². The highest BCUT2D eigenvalue weighted by atomic mass is 16.1. The Morgan fingerprint density at radius 2 is 2.29 bits per heavy atom. The van der Waals surface area contributed by atoms with E-state index in [1.165, 1.54) is 12.3 Å². The maximum atomic E-state index is 11.2. The fraction of sp³-hybridized carbons (Fsp3) is 0.357. The number of carbonyl (C=O) groups is 1. The molecule has 0 radical (unpaired) electrons. The highest BCUT2D eigenvalue weighted by Crippen LogP contribution is 2.12. The van der Waals surface area contributed by atoms with E-state index in [-0.39, 0.29) is 11.9 Å². The third-order valence-corrected chi connectivity index (χ3v) is 2.91. The summed E-state index contributed by atoms with van der Waals surface area (Å²) in [6.07, 6.45) is 9.45. The van der Waals surface area contributed by atoms with Crippen LogP contribution in [0, 0.1) is 0 Å². The lowest BCUT2D eigenvalue weighted by molar-refractivity contribution is -0.113. The van der Waals surface area contributed by atoms with E-state index >= 15 is 0 Å². The van der Waals surface area contributed by atoms with Crippen LogP contribution >= 0.6 is 0 Å². The Bertz CT molecular complexity index is 595. The quantitative estimate of drug-likeness (QED) is 0.328. The van der Waals surface area contributed by atoms with Crippen molar-refractivity contribution in [3.05, 3.63) is 23.9 Å². The molecule has 0 saturated heterocycles. The van der Waals surface area contributed by atoms with Gasteiger partial charge in [0.15, 0.2) is 0 Å². The van der Waals surface area contributed by atoms with Crippen LogP contribution in [0.3, 0.4) is 0 Å². The Kier molecular flexibility index (Phi) is 5.14. The van der Waals surface area contributed by atoms with Gasteiger partial charge < -0.3 is 11.1 Å². The minimum atomic E-state index is -0.300. The molecule has 3 N–H and O–H groups in total. The molecule has 0 atom stereocenters. The molecule has 2 aliphatic rings. The molecule has 110 valence electrons. The lowest BCUT2D eigenvalue weighted by atomic mass is 10.1. The molecule has 2 aliphatic heterocycles. The molecule has 0 unspecified atom stereocenters. The summed E-state index contributed by atoms with van der Waals surface area (Å²) in [6.45, 7) is 2.92. The molecule has 0 aromatic heterocycles. The Morgan fingerprint density at radius 1 is 1.43 bits per heavy atom. The predicted molar refractivity (Wildman–Crippen MR) is 84.7 cm³/mol. The molecular weight excluding hydrogens is 268 g/mol. The van der Waals surface area contributed by atoms with Crippen LogP contribution in [0.4, 0.5) is 0 Å². The van der Waals surface area contributed by atoms with E-state index in [2.05, 4.69) is 32.4 Å². The molecule has 0 aliphatic carbocycles. The highest BCUT2D eigenvalue weighted by molar-refractivity contribution is 6.59. The van der Waals surface area contributed by atoms with Crippen molar-refractivity contribution in [3.8, 4) is 0 Å². The van der Waals surface area contributed by atoms with Crippen LogP contribution in [0.5, 0.6) is 0 Å². The van der Waals surface area contributed by atoms with Crippen molar-refractivity contribution in [3.63, 3.8) is 0 Å². The van der Waals surface area contributed by atoms with Gasteiger partial charge in [-0.05, 0) is 12.5 Å². The van der Waals surface area contributed by atoms with Crippen LogP contribution in [-0.2, 0) is 4.79 Å². The summed E-state index contributed by atoms with van der Waals surface area (Å²) in [5.41, 5.74) is 7.50. The second kappa shape index (κ2) is 7.28. The summed E-state index contributed by atoms with van der Waals surface area (Å²) < 4.78 is 0. The highest BCUT2D eigenvalue weighted by Gasteiger charge is 2.20. The number of nitrogens with zero attached hydrogens (tertiary/aromatic N) is 4. The molecule has 0 fully saturated rings. The fourth-order valence-electron chi connectivity index (χ4n) is 1.83. The van der Waals surface area contributed by atoms with E-state index in [9.17, 15) is 4.79 Å². The average molecular weight is 286 g/mol. The minimum absolute atomic E-state index is 0.267. The monoisotopic (exact) mass is 286 g/mol. The van der Waals surface area contributed by atoms with Gasteiger partial charge in [-0.1, -0.05) is 19.8 Å². The number of dihydropyridines is 1. The third-order valence-electron chi connectivity index (χ3n) is 2.91. The third kappa shape index (κ3) is 4.20. The van der Waals surface area contributed by atoms with E-state index in [1.54, 1.807) is 12.3 Å². The standard InChI is InChI=1S/C14H18N6O/c1-2-3-4-7-16-14(15)20-18-9-10-8-17-11-5-6-12(21)19-13(10)11/h5-6,8-9H,2-4,7H2,1H3,(H3,15,16,20). The van der Waals surface area contributed by atoms with Gasteiger partial charge in [-0.15, -0.1) is 5.10 Å². The summed E-state index contributed by atoms with van der Waals surface area (Å²) in [5, 5.41) is 10.7. The second-order valence-corrected chi connectivity index (χ2v) is 4.59. The maximum Gasteiger partial charge on any atom is 0.270 e. The first kappa shape index (κ1) is 14.8. The number of rotatable bonds is 6. The number of amides is 1. The molecule has 1 amide bonds. The number of carbonyl (C=O) groups excluding carboxylic acids is 1. The van der Waals surface area contributed by atoms with Gasteiger partial charge in [0.25, 0.3) is 5.91 Å². The van der Waals surface area contributed by atoms with Crippen LogP contribution in [0.25, 0.3) is 0 Å². The Labute approximate surface area is 123 Å². The van der Waals surface area contributed by atoms with E-state index in [4.69, 9.17) is 5.73 Å². The second-order valence-electron chi connectivity index (χ2n) is 4.59. The van der Waals surface area contributed by atoms with Gasteiger partial charge in [0.05, 0.1) is 11.9 Å². The van der Waals surface area contributed by atoms with Crippen molar-refractivity contribution in [1.29, 1.82) is 0 Å². The van der Waals surface area contributed by atoms with E-state index in [0.717, 1.165) is 25.8 Å². The van der Waals surface area contributed by atoms with Gasteiger partial charge in [-0.25, -0.2) is 4.99 Å². The predicted octanol–water partition coefficient (Wildman–Crippen LogP) is 0.943. The van der Waals surface area contributed by atoms with Gasteiger partial charge in [-0.2, -0.15) is 5.10 Å². The van der Waals surface area contributed by atoms with Gasteiger partial charge >= 0.3 is 0 Å². The Balaban J connectivity index is 1.87. The molecule has 2 heterocycles. The summed E-state index contributed by atoms with van der Waals surface area (Å²) >= 11 is 0. The van der Waals surface area contributed by atoms with Crippen LogP contribution in [0.2, 0.25) is 0 Å². The maximum absolute atomic E-state index is 11.2. The van der Waals surface area contributed by atoms with Crippen molar-refractivity contribution < 1.29 is 4.79 Å². The van der Waals surface area contributed by atoms with Crippen molar-refractivity contribution in [1.82, 2.24) is 5.32 Å². The fourth-order valence-corrected chi connectivity index (χ4v) is 1.83. The smallest absolute Gasteiger partial charge is 0.270 e. The average Bonchev–Trinajstić information content (AvgIpc) is 2.86. The van der Waals surface area contributed by atoms with Crippen LogP contribution < -0.4 is 11.1 Å². The Morgan fingerprint density at radius 3 is 3.10 bits per heavy atom. The van der Waals surface area contributed by atoms with E-state index < -0.39 is 0 Å². The molecule has 0 saturated carbocycles. The summed E-state index contributed by atoms with van der Waals surface area (Å²) in [7, 11) is 0. The summed E-state index contributed by atoms with van der Waals surface area (Å²) in [6, 6.07) is 0. The molecule has 0 bridgehead atoms. The van der Waals surface area contributed by atoms with E-state index in [0.29, 0.717) is 17.0 Å². The van der Waals surface area contributed by atoms with Gasteiger partial charge in [0.2, 0.25) is 5.96 Å². The molecule has 7 heteroatoms. The van der Waals surface area contributed by atoms with Crippen molar-refractivity contribution >= 4 is 29.5 Å². The number of nitrogens with two attached hydrogens (primary N) is 1. The Hall–Kier alpha value is -2.57. The molecule has 0 spiro atoms. The largest absolute Gasteiger partial charge is 0.368 e. The van der Waals surface area contributed by atoms with Crippen LogP contribution in [-0.4, -0.2) is 36.0 Å². The number of fused-ring (bicyclic) bond motifs is 1. The summed E-state index contributed by atoms with van der Waals surface area (Å²) in [4.78, 5) is 19.3. The first-order chi connectivity index (χ1) is 10.2.